The van der Waals surface area contributed by atoms with Crippen LogP contribution in [0.5, 0.6) is 0 Å². The Bertz CT molecular complexity index is 1290. The van der Waals surface area contributed by atoms with Gasteiger partial charge in [-0.2, -0.15) is 5.10 Å². The van der Waals surface area contributed by atoms with Gasteiger partial charge in [0.05, 0.1) is 35.0 Å². The predicted molar refractivity (Wildman–Crippen MR) is 121 cm³/mol. The molecule has 10 heteroatoms. The molecule has 1 aliphatic rings. The number of fused-ring (bicyclic) bond motifs is 1. The van der Waals surface area contributed by atoms with E-state index < -0.39 is 17.9 Å². The van der Waals surface area contributed by atoms with Crippen LogP contribution in [0.15, 0.2) is 47.7 Å². The van der Waals surface area contributed by atoms with Gasteiger partial charge < -0.3 is 10.6 Å². The van der Waals surface area contributed by atoms with Crippen molar-refractivity contribution in [3.63, 3.8) is 0 Å². The summed E-state index contributed by atoms with van der Waals surface area (Å²) >= 11 is 7.91. The Labute approximate surface area is 192 Å². The molecule has 1 aromatic carbocycles. The average molecular weight is 469 g/mol. The lowest BCUT2D eigenvalue weighted by molar-refractivity contribution is 0.0547. The first kappa shape index (κ1) is 20.6. The molecule has 4 aromatic rings. The van der Waals surface area contributed by atoms with Gasteiger partial charge in [-0.05, 0) is 24.6 Å². The van der Waals surface area contributed by atoms with Gasteiger partial charge in [0.25, 0.3) is 5.91 Å². The molecule has 3 N–H and O–H groups in total. The minimum Gasteiger partial charge on any atom is -0.383 e. The molecule has 0 saturated carbocycles. The number of halogens is 2. The molecular formula is C22H18ClFN6OS. The highest BCUT2D eigenvalue weighted by Gasteiger charge is 2.41. The number of nitrogens with one attached hydrogen (secondary N) is 1. The van der Waals surface area contributed by atoms with E-state index in [2.05, 4.69) is 20.2 Å². The molecule has 0 fully saturated rings. The minimum absolute atomic E-state index is 0.177. The van der Waals surface area contributed by atoms with Crippen molar-refractivity contribution in [1.29, 1.82) is 0 Å². The molecule has 0 saturated heterocycles. The fourth-order valence-corrected chi connectivity index (χ4v) is 5.21. The molecule has 7 nitrogen and oxygen atoms in total. The van der Waals surface area contributed by atoms with Gasteiger partial charge in [-0.15, -0.1) is 11.3 Å². The largest absolute Gasteiger partial charge is 0.383 e. The maximum absolute atomic E-state index is 15.1. The van der Waals surface area contributed by atoms with E-state index in [1.165, 1.54) is 23.6 Å². The molecule has 0 aliphatic carbocycles. The SMILES string of the molecule is C[C@@H](c1cccnc1N)N1C(=O)c2c(c(Cl)cc(F)c2-c2cn[nH]c2)CC1c1cscn1. The van der Waals surface area contributed by atoms with Gasteiger partial charge in [0.15, 0.2) is 0 Å². The quantitative estimate of drug-likeness (QED) is 0.448. The second kappa shape index (κ2) is 7.99. The van der Waals surface area contributed by atoms with Crippen molar-refractivity contribution < 1.29 is 9.18 Å². The average Bonchev–Trinajstić information content (AvgIpc) is 3.48. The van der Waals surface area contributed by atoms with Crippen LogP contribution in [0.25, 0.3) is 11.1 Å². The van der Waals surface area contributed by atoms with Crippen LogP contribution in [-0.2, 0) is 6.42 Å². The minimum atomic E-state index is -0.580. The molecule has 4 heterocycles. The number of anilines is 1. The zero-order chi connectivity index (χ0) is 22.4. The van der Waals surface area contributed by atoms with Gasteiger partial charge in [-0.25, -0.2) is 14.4 Å². The summed E-state index contributed by atoms with van der Waals surface area (Å²) in [5.74, 6) is -0.593. The zero-order valence-corrected chi connectivity index (χ0v) is 18.5. The van der Waals surface area contributed by atoms with Crippen molar-refractivity contribution in [2.75, 3.05) is 5.73 Å². The maximum Gasteiger partial charge on any atom is 0.256 e. The van der Waals surface area contributed by atoms with Gasteiger partial charge in [-0.3, -0.25) is 9.89 Å². The first-order valence-electron chi connectivity index (χ1n) is 9.88. The van der Waals surface area contributed by atoms with Crippen LogP contribution >= 0.6 is 22.9 Å². The number of amides is 1. The van der Waals surface area contributed by atoms with E-state index in [4.69, 9.17) is 17.3 Å². The Morgan fingerprint density at radius 2 is 2.22 bits per heavy atom. The number of hydrogen-bond donors (Lipinski definition) is 2. The number of rotatable bonds is 4. The van der Waals surface area contributed by atoms with Crippen molar-refractivity contribution in [3.05, 3.63) is 80.9 Å². The number of nitrogens with zero attached hydrogens (tertiary/aromatic N) is 4. The van der Waals surface area contributed by atoms with E-state index in [0.29, 0.717) is 28.9 Å². The molecule has 1 amide bonds. The molecule has 3 aromatic heterocycles. The van der Waals surface area contributed by atoms with Gasteiger partial charge in [0.1, 0.15) is 11.6 Å². The number of nitrogen functional groups attached to an aromatic ring is 1. The summed E-state index contributed by atoms with van der Waals surface area (Å²) in [7, 11) is 0. The highest BCUT2D eigenvalue weighted by atomic mass is 35.5. The van der Waals surface area contributed by atoms with Gasteiger partial charge >= 0.3 is 0 Å². The Balaban J connectivity index is 1.73. The molecule has 162 valence electrons. The number of thiazole rings is 1. The van der Waals surface area contributed by atoms with Crippen LogP contribution in [0.2, 0.25) is 5.02 Å². The van der Waals surface area contributed by atoms with E-state index in [1.54, 1.807) is 28.9 Å². The summed E-state index contributed by atoms with van der Waals surface area (Å²) in [4.78, 5) is 24.4. The number of pyridine rings is 1. The van der Waals surface area contributed by atoms with Crippen molar-refractivity contribution in [1.82, 2.24) is 25.1 Å². The van der Waals surface area contributed by atoms with Crippen LogP contribution in [0, 0.1) is 5.82 Å². The molecular weight excluding hydrogens is 451 g/mol. The first-order chi connectivity index (χ1) is 15.5. The summed E-state index contributed by atoms with van der Waals surface area (Å²) in [6.45, 7) is 1.88. The van der Waals surface area contributed by atoms with Crippen molar-refractivity contribution in [2.45, 2.75) is 25.4 Å². The Morgan fingerprint density at radius 1 is 1.38 bits per heavy atom. The molecule has 5 rings (SSSR count). The summed E-state index contributed by atoms with van der Waals surface area (Å²) in [6, 6.07) is 4.04. The van der Waals surface area contributed by atoms with Crippen LogP contribution in [0.4, 0.5) is 10.2 Å². The number of hydrogen-bond acceptors (Lipinski definition) is 6. The summed E-state index contributed by atoms with van der Waals surface area (Å²) in [5.41, 5.74) is 10.8. The molecule has 0 bridgehead atoms. The maximum atomic E-state index is 15.1. The van der Waals surface area contributed by atoms with Gasteiger partial charge in [0.2, 0.25) is 0 Å². The summed E-state index contributed by atoms with van der Waals surface area (Å²) in [6.07, 6.45) is 5.03. The summed E-state index contributed by atoms with van der Waals surface area (Å²) < 4.78 is 15.1. The van der Waals surface area contributed by atoms with Gasteiger partial charge in [-0.1, -0.05) is 17.7 Å². The monoisotopic (exact) mass is 468 g/mol. The molecule has 0 radical (unpaired) electrons. The van der Waals surface area contributed by atoms with Crippen molar-refractivity contribution >= 4 is 34.7 Å². The second-order valence-corrected chi connectivity index (χ2v) is 8.68. The highest BCUT2D eigenvalue weighted by Crippen LogP contribution is 2.45. The fraction of sp³-hybridized carbons (Fsp3) is 0.182. The lowest BCUT2D eigenvalue weighted by Crippen LogP contribution is -2.43. The fourth-order valence-electron chi connectivity index (χ4n) is 4.34. The molecule has 1 unspecified atom stereocenters. The Hall–Kier alpha value is -3.30. The molecule has 1 aliphatic heterocycles. The molecule has 0 spiro atoms. The van der Waals surface area contributed by atoms with E-state index in [-0.39, 0.29) is 22.1 Å². The number of carbonyl (C=O) groups is 1. The topological polar surface area (TPSA) is 101 Å². The standard InChI is InChI=1S/C22H18ClFN6OS/c1-11(13-3-2-4-26-21(13)25)30-18(17-9-32-10-27-17)5-14-15(23)6-16(24)19(20(14)22(30)31)12-7-28-29-8-12/h2-4,6-11,18H,5H2,1H3,(H2,25,26)(H,28,29)/t11-,18?/m0/s1. The van der Waals surface area contributed by atoms with Crippen LogP contribution in [-0.4, -0.2) is 31.0 Å². The normalized spacial score (nSPS) is 16.8. The summed E-state index contributed by atoms with van der Waals surface area (Å²) in [5, 5.41) is 8.72. The zero-order valence-electron chi connectivity index (χ0n) is 16.9. The highest BCUT2D eigenvalue weighted by molar-refractivity contribution is 7.07. The first-order valence-corrected chi connectivity index (χ1v) is 11.2. The number of nitrogens with two attached hydrogens (primary N) is 1. The van der Waals surface area contributed by atoms with Crippen LogP contribution in [0.1, 0.15) is 46.2 Å². The van der Waals surface area contributed by atoms with Crippen molar-refractivity contribution in [2.24, 2.45) is 0 Å². The lowest BCUT2D eigenvalue weighted by atomic mass is 9.85. The molecule has 2 atom stereocenters. The number of aromatic amines is 1. The number of H-pyrrole nitrogens is 1. The third-order valence-electron chi connectivity index (χ3n) is 5.83. The molecule has 32 heavy (non-hydrogen) atoms. The Morgan fingerprint density at radius 3 is 2.91 bits per heavy atom. The number of carbonyl (C=O) groups excluding carboxylic acids is 1. The van der Waals surface area contributed by atoms with E-state index >= 15 is 4.39 Å². The number of aromatic nitrogens is 4. The number of benzene rings is 1. The third kappa shape index (κ3) is 3.25. The predicted octanol–water partition coefficient (Wildman–Crippen LogP) is 4.80. The second-order valence-electron chi connectivity index (χ2n) is 7.56. The van der Waals surface area contributed by atoms with Crippen LogP contribution in [0.3, 0.4) is 0 Å². The third-order valence-corrected chi connectivity index (χ3v) is 6.77. The van der Waals surface area contributed by atoms with Gasteiger partial charge in [0, 0.05) is 45.9 Å². The van der Waals surface area contributed by atoms with Crippen LogP contribution < -0.4 is 5.73 Å². The smallest absolute Gasteiger partial charge is 0.256 e. The van der Waals surface area contributed by atoms with E-state index in [1.807, 2.05) is 18.4 Å². The lowest BCUT2D eigenvalue weighted by Gasteiger charge is -2.41. The van der Waals surface area contributed by atoms with Crippen molar-refractivity contribution in [3.8, 4) is 11.1 Å². The Kier molecular flexibility index (Phi) is 5.15. The van der Waals surface area contributed by atoms with E-state index in [9.17, 15) is 4.79 Å². The van der Waals surface area contributed by atoms with E-state index in [0.717, 1.165) is 5.69 Å².